The zero-order valence-electron chi connectivity index (χ0n) is 25.0. The van der Waals surface area contributed by atoms with Crippen LogP contribution < -0.4 is 14.8 Å². The van der Waals surface area contributed by atoms with Gasteiger partial charge in [-0.3, -0.25) is 14.4 Å². The van der Waals surface area contributed by atoms with Gasteiger partial charge in [0.15, 0.2) is 11.5 Å². The first-order valence-corrected chi connectivity index (χ1v) is 16.3. The zero-order chi connectivity index (χ0) is 29.9. The minimum atomic E-state index is -1.09. The summed E-state index contributed by atoms with van der Waals surface area (Å²) in [6.45, 7) is 0.455. The number of fused-ring (bicyclic) bond motifs is 3. The molecule has 8 rings (SSSR count). The van der Waals surface area contributed by atoms with Crippen molar-refractivity contribution in [2.45, 2.75) is 88.4 Å². The van der Waals surface area contributed by atoms with E-state index in [4.69, 9.17) is 9.47 Å². The van der Waals surface area contributed by atoms with Gasteiger partial charge in [-0.15, -0.1) is 0 Å². The summed E-state index contributed by atoms with van der Waals surface area (Å²) in [5, 5.41) is 24.3. The molecule has 9 heteroatoms. The van der Waals surface area contributed by atoms with E-state index in [0.29, 0.717) is 34.7 Å². The molecule has 5 saturated carbocycles. The lowest BCUT2D eigenvalue weighted by Crippen LogP contribution is -2.60. The van der Waals surface area contributed by atoms with Gasteiger partial charge in [-0.2, -0.15) is 0 Å². The number of hydrogen-bond acceptors (Lipinski definition) is 7. The third-order valence-electron chi connectivity index (χ3n) is 11.4. The van der Waals surface area contributed by atoms with Gasteiger partial charge in [0, 0.05) is 35.7 Å². The molecule has 0 radical (unpaired) electrons. The molecule has 0 unspecified atom stereocenters. The molecule has 6 aliphatic carbocycles. The predicted octanol–water partition coefficient (Wildman–Crippen LogP) is 3.37. The number of rotatable bonds is 9. The van der Waals surface area contributed by atoms with Crippen molar-refractivity contribution in [3.63, 3.8) is 0 Å². The highest BCUT2D eigenvalue weighted by Crippen LogP contribution is 2.61. The van der Waals surface area contributed by atoms with E-state index >= 15 is 0 Å². The summed E-state index contributed by atoms with van der Waals surface area (Å²) in [5.74, 6) is 1.90. The zero-order valence-corrected chi connectivity index (χ0v) is 25.0. The van der Waals surface area contributed by atoms with Crippen molar-refractivity contribution >= 4 is 18.1 Å². The highest BCUT2D eigenvalue weighted by Gasteiger charge is 2.55. The molecule has 4 bridgehead atoms. The monoisotopic (exact) mass is 592 g/mol. The van der Waals surface area contributed by atoms with E-state index in [1.165, 1.54) is 26.4 Å². The van der Waals surface area contributed by atoms with Gasteiger partial charge < -0.3 is 29.9 Å². The third kappa shape index (κ3) is 4.96. The number of amides is 2. The minimum absolute atomic E-state index is 0.0499. The highest BCUT2D eigenvalue weighted by molar-refractivity contribution is 5.96. The van der Waals surface area contributed by atoms with Crippen molar-refractivity contribution in [2.75, 3.05) is 26.8 Å². The largest absolute Gasteiger partial charge is 0.493 e. The normalized spacial score (nSPS) is 35.5. The maximum atomic E-state index is 14.4. The van der Waals surface area contributed by atoms with Crippen LogP contribution in [0.3, 0.4) is 0 Å². The number of nitrogens with one attached hydrogen (secondary N) is 1. The van der Waals surface area contributed by atoms with Gasteiger partial charge in [0.1, 0.15) is 18.5 Å². The topological polar surface area (TPSA) is 125 Å². The van der Waals surface area contributed by atoms with Crippen LogP contribution in [0.2, 0.25) is 0 Å². The number of nitrogens with zero attached hydrogens (tertiary/aromatic N) is 1. The van der Waals surface area contributed by atoms with Gasteiger partial charge in [-0.25, -0.2) is 0 Å². The fourth-order valence-electron chi connectivity index (χ4n) is 10.1. The number of benzene rings is 1. The Balaban J connectivity index is 1.30. The number of hydrogen-bond donors (Lipinski definition) is 3. The van der Waals surface area contributed by atoms with E-state index in [2.05, 4.69) is 5.32 Å². The van der Waals surface area contributed by atoms with Crippen LogP contribution >= 0.6 is 0 Å². The van der Waals surface area contributed by atoms with E-state index < -0.39 is 24.2 Å². The van der Waals surface area contributed by atoms with Gasteiger partial charge in [-0.05, 0) is 92.7 Å². The summed E-state index contributed by atoms with van der Waals surface area (Å²) >= 11 is 0. The van der Waals surface area contributed by atoms with Gasteiger partial charge in [0.25, 0.3) is 0 Å². The first-order chi connectivity index (χ1) is 20.8. The Kier molecular flexibility index (Phi) is 7.53. The fraction of sp³-hybridized carbons (Fsp3) is 0.676. The third-order valence-corrected chi connectivity index (χ3v) is 11.4. The molecule has 43 heavy (non-hydrogen) atoms. The molecule has 0 aromatic heterocycles. The molecule has 1 aromatic carbocycles. The highest BCUT2D eigenvalue weighted by atomic mass is 16.5. The Morgan fingerprint density at radius 1 is 1.12 bits per heavy atom. The maximum Gasteiger partial charge on any atom is 0.247 e. The molecule has 1 aliphatic heterocycles. The summed E-state index contributed by atoms with van der Waals surface area (Å²) in [6.07, 6.45) is 11.6. The van der Waals surface area contributed by atoms with E-state index in [-0.39, 0.29) is 36.3 Å². The van der Waals surface area contributed by atoms with Gasteiger partial charge in [0.2, 0.25) is 11.8 Å². The number of aliphatic hydroxyl groups excluding tert-OH is 2. The summed E-state index contributed by atoms with van der Waals surface area (Å²) < 4.78 is 12.0. The van der Waals surface area contributed by atoms with Gasteiger partial charge in [-0.1, -0.05) is 12.8 Å². The average Bonchev–Trinajstić information content (AvgIpc) is 3.67. The van der Waals surface area contributed by atoms with Crippen LogP contribution in [0.1, 0.15) is 86.0 Å². The summed E-state index contributed by atoms with van der Waals surface area (Å²) in [6, 6.07) is 2.54. The van der Waals surface area contributed by atoms with Crippen LogP contribution in [0.25, 0.3) is 0 Å². The van der Waals surface area contributed by atoms with E-state index in [1.807, 2.05) is 4.90 Å². The lowest BCUT2D eigenvalue weighted by molar-refractivity contribution is -0.149. The molecular weight excluding hydrogens is 548 g/mol. The molecule has 1 heterocycles. The second-order valence-electron chi connectivity index (χ2n) is 14.3. The van der Waals surface area contributed by atoms with Crippen molar-refractivity contribution in [3.05, 3.63) is 34.9 Å². The number of carbonyl (C=O) groups is 3. The van der Waals surface area contributed by atoms with Crippen LogP contribution in [0, 0.1) is 29.1 Å². The molecular formula is C34H44N2O7. The fourth-order valence-corrected chi connectivity index (χ4v) is 10.1. The van der Waals surface area contributed by atoms with Crippen molar-refractivity contribution < 1.29 is 34.1 Å². The molecule has 2 amide bonds. The Morgan fingerprint density at radius 2 is 1.79 bits per heavy atom. The smallest absolute Gasteiger partial charge is 0.247 e. The summed E-state index contributed by atoms with van der Waals surface area (Å²) in [4.78, 5) is 41.8. The summed E-state index contributed by atoms with van der Waals surface area (Å²) in [7, 11) is 1.49. The van der Waals surface area contributed by atoms with Crippen molar-refractivity contribution in [3.8, 4) is 11.5 Å². The number of carbonyl (C=O) groups excluding carboxylic acids is 3. The van der Waals surface area contributed by atoms with E-state index in [0.717, 1.165) is 69.0 Å². The molecule has 7 aliphatic rings. The molecule has 232 valence electrons. The Hall–Kier alpha value is -2.91. The number of ether oxygens (including phenoxy) is 2. The standard InChI is InChI=1S/C34H44N2O7/c1-42-27-12-22(17-38)11-24-28-25(32(40)35-6-7-37)13-26(29(39)31(28)43-30(24)27)36(33(41)23-4-2-3-5-23)18-34-14-19-8-20(15-34)10-21(9-19)16-34/h11-13,17,19-21,23,26,28-29,31,37,39H,2-10,14-16,18H2,1H3,(H,35,40)/t19?,20?,21?,26-,28+,29+,31+,34?/m1/s1. The average molecular weight is 593 g/mol. The van der Waals surface area contributed by atoms with Crippen molar-refractivity contribution in [2.24, 2.45) is 29.1 Å². The van der Waals surface area contributed by atoms with Gasteiger partial charge in [0.05, 0.1) is 25.7 Å². The van der Waals surface area contributed by atoms with Crippen LogP contribution in [-0.4, -0.2) is 78.3 Å². The number of aliphatic hydroxyl groups is 2. The molecule has 0 spiro atoms. The van der Waals surface area contributed by atoms with Crippen molar-refractivity contribution in [1.82, 2.24) is 10.2 Å². The van der Waals surface area contributed by atoms with Crippen LogP contribution in [-0.2, 0) is 9.59 Å². The number of methoxy groups -OCH3 is 1. The SMILES string of the molecule is COc1cc(C=O)cc2c1O[C@@H]1[C@@H](O)[C@H](N(CC34CC5CC(CC(C5)C3)C4)C(=O)C3CCCC3)C=C(C(=O)NCCO)[C@H]21. The molecule has 0 saturated heterocycles. The predicted molar refractivity (Wildman–Crippen MR) is 158 cm³/mol. The number of aldehydes is 1. The lowest BCUT2D eigenvalue weighted by atomic mass is 9.49. The first-order valence-electron chi connectivity index (χ1n) is 16.3. The van der Waals surface area contributed by atoms with Crippen LogP contribution in [0.5, 0.6) is 11.5 Å². The lowest BCUT2D eigenvalue weighted by Gasteiger charge is -2.58. The van der Waals surface area contributed by atoms with E-state index in [9.17, 15) is 24.6 Å². The van der Waals surface area contributed by atoms with Crippen molar-refractivity contribution in [1.29, 1.82) is 0 Å². The minimum Gasteiger partial charge on any atom is -0.493 e. The Morgan fingerprint density at radius 3 is 2.40 bits per heavy atom. The Labute approximate surface area is 253 Å². The summed E-state index contributed by atoms with van der Waals surface area (Å²) in [5.41, 5.74) is 1.41. The van der Waals surface area contributed by atoms with Gasteiger partial charge >= 0.3 is 0 Å². The van der Waals surface area contributed by atoms with E-state index in [1.54, 1.807) is 18.2 Å². The molecule has 9 nitrogen and oxygen atoms in total. The molecule has 5 fully saturated rings. The second kappa shape index (κ2) is 11.2. The van der Waals surface area contributed by atoms with Crippen LogP contribution in [0.15, 0.2) is 23.8 Å². The van der Waals surface area contributed by atoms with Crippen LogP contribution in [0.4, 0.5) is 0 Å². The quantitative estimate of drug-likeness (QED) is 0.376. The molecule has 3 N–H and O–H groups in total. The molecule has 4 atom stereocenters. The molecule has 1 aromatic rings. The maximum absolute atomic E-state index is 14.4. The Bertz CT molecular complexity index is 1280. The second-order valence-corrected chi connectivity index (χ2v) is 14.3. The first kappa shape index (κ1) is 28.8.